The lowest BCUT2D eigenvalue weighted by Crippen LogP contribution is -2.51. The summed E-state index contributed by atoms with van der Waals surface area (Å²) in [5.74, 6) is -0.347. The molecule has 1 aromatic heterocycles. The molecule has 0 radical (unpaired) electrons. The first-order chi connectivity index (χ1) is 12.9. The summed E-state index contributed by atoms with van der Waals surface area (Å²) < 4.78 is 0. The lowest BCUT2D eigenvalue weighted by Gasteiger charge is -2.49. The number of carbonyl (C=O) groups is 2. The number of hydrogen-bond acceptors (Lipinski definition) is 6. The van der Waals surface area contributed by atoms with Crippen molar-refractivity contribution in [1.29, 1.82) is 0 Å². The van der Waals surface area contributed by atoms with Gasteiger partial charge in [0.05, 0.1) is 11.6 Å². The Labute approximate surface area is 159 Å². The van der Waals surface area contributed by atoms with Crippen LogP contribution in [0.3, 0.4) is 0 Å². The number of aliphatic imine (C=N–C) groups is 1. The third kappa shape index (κ3) is 3.03. The maximum atomic E-state index is 12.5. The van der Waals surface area contributed by atoms with E-state index in [-0.39, 0.29) is 23.5 Å². The van der Waals surface area contributed by atoms with Crippen molar-refractivity contribution in [3.8, 4) is 5.88 Å². The van der Waals surface area contributed by atoms with Crippen molar-refractivity contribution >= 4 is 24.4 Å². The van der Waals surface area contributed by atoms with Crippen LogP contribution in [0.2, 0.25) is 0 Å². The van der Waals surface area contributed by atoms with Crippen molar-refractivity contribution in [1.82, 2.24) is 9.97 Å². The summed E-state index contributed by atoms with van der Waals surface area (Å²) in [6.45, 7) is 9.25. The second kappa shape index (κ2) is 7.18. The molecule has 3 rings (SSSR count). The summed E-state index contributed by atoms with van der Waals surface area (Å²) in [4.78, 5) is 36.8. The van der Waals surface area contributed by atoms with Gasteiger partial charge in [-0.3, -0.25) is 9.79 Å². The Morgan fingerprint density at radius 3 is 2.78 bits per heavy atom. The molecule has 6 nitrogen and oxygen atoms in total. The van der Waals surface area contributed by atoms with E-state index < -0.39 is 11.3 Å². The van der Waals surface area contributed by atoms with Crippen molar-refractivity contribution < 1.29 is 14.7 Å². The van der Waals surface area contributed by atoms with E-state index in [1.165, 1.54) is 0 Å². The number of allylic oxidation sites excluding steroid dienone is 3. The minimum Gasteiger partial charge on any atom is -0.493 e. The van der Waals surface area contributed by atoms with E-state index >= 15 is 0 Å². The minimum atomic E-state index is -0.626. The van der Waals surface area contributed by atoms with Gasteiger partial charge in [0.15, 0.2) is 5.82 Å². The summed E-state index contributed by atoms with van der Waals surface area (Å²) in [7, 11) is 0. The smallest absolute Gasteiger partial charge is 0.217 e. The fraction of sp³-hybridized carbons (Fsp3) is 0.476. The van der Waals surface area contributed by atoms with Crippen LogP contribution in [0.4, 0.5) is 0 Å². The zero-order chi connectivity index (χ0) is 19.8. The number of aromatic nitrogens is 2. The maximum Gasteiger partial charge on any atom is 0.217 e. The summed E-state index contributed by atoms with van der Waals surface area (Å²) in [6.07, 6.45) is 7.69. The number of carbonyl (C=O) groups excluding carboxylic acids is 2. The van der Waals surface area contributed by atoms with Crippen LogP contribution in [0, 0.1) is 17.8 Å². The number of fused-ring (bicyclic) bond motifs is 3. The Morgan fingerprint density at radius 2 is 2.15 bits per heavy atom. The number of Topliss-reactive ketones (excluding diaryl/α,β-unsaturated/α-hetero) is 1. The standard InChI is InChI=1S/C21H25N3O3/c1-5-13(8-9-22-4)19-23-18-15(20(27)24-19)6-7-16-12(2)17(26)14(11-25)10-21(16,18)3/h5,8-9,11-12,14,16H,4,6-7,10H2,1-3H3,(H,23,24,27)/b9-8-,13-5+/t12-,14?,16-,21-/m1/s1. The zero-order valence-corrected chi connectivity index (χ0v) is 16.0. The van der Waals surface area contributed by atoms with Crippen molar-refractivity contribution in [2.45, 2.75) is 45.4 Å². The van der Waals surface area contributed by atoms with E-state index in [0.29, 0.717) is 18.7 Å². The Morgan fingerprint density at radius 1 is 1.41 bits per heavy atom. The van der Waals surface area contributed by atoms with Crippen molar-refractivity contribution in [2.75, 3.05) is 0 Å². The van der Waals surface area contributed by atoms with Gasteiger partial charge in [-0.1, -0.05) is 19.9 Å². The quantitative estimate of drug-likeness (QED) is 0.382. The highest BCUT2D eigenvalue weighted by Crippen LogP contribution is 2.52. The third-order valence-corrected chi connectivity index (χ3v) is 6.20. The van der Waals surface area contributed by atoms with E-state index in [1.807, 2.05) is 19.9 Å². The maximum absolute atomic E-state index is 12.5. The van der Waals surface area contributed by atoms with Crippen LogP contribution in [0.5, 0.6) is 5.88 Å². The van der Waals surface area contributed by atoms with Crippen LogP contribution in [0.15, 0.2) is 23.3 Å². The molecule has 4 atom stereocenters. The third-order valence-electron chi connectivity index (χ3n) is 6.20. The molecular formula is C21H25N3O3. The van der Waals surface area contributed by atoms with Gasteiger partial charge < -0.3 is 9.90 Å². The van der Waals surface area contributed by atoms with Gasteiger partial charge in [-0.05, 0) is 44.9 Å². The second-order valence-electron chi connectivity index (χ2n) is 7.64. The first-order valence-electron chi connectivity index (χ1n) is 9.25. The molecule has 0 spiro atoms. The SMILES string of the molecule is C=N/C=C\C(=C/C)c1nc(O)c2c(n1)[C@]1(C)CC(C=O)C(=O)[C@H](C)[C@H]1CC2. The molecule has 0 aliphatic heterocycles. The summed E-state index contributed by atoms with van der Waals surface area (Å²) in [6, 6.07) is 0. The summed E-state index contributed by atoms with van der Waals surface area (Å²) >= 11 is 0. The normalized spacial score (nSPS) is 30.7. The molecule has 2 aliphatic rings. The number of rotatable bonds is 4. The number of nitrogens with zero attached hydrogens (tertiary/aromatic N) is 3. The van der Waals surface area contributed by atoms with Crippen molar-refractivity contribution in [3.05, 3.63) is 35.4 Å². The first-order valence-corrected chi connectivity index (χ1v) is 9.25. The van der Waals surface area contributed by atoms with Crippen LogP contribution >= 0.6 is 0 Å². The van der Waals surface area contributed by atoms with Gasteiger partial charge >= 0.3 is 0 Å². The number of aldehydes is 1. The lowest BCUT2D eigenvalue weighted by molar-refractivity contribution is -0.137. The molecule has 6 heteroatoms. The fourth-order valence-electron chi connectivity index (χ4n) is 4.79. The first kappa shape index (κ1) is 19.1. The largest absolute Gasteiger partial charge is 0.493 e. The van der Waals surface area contributed by atoms with E-state index in [2.05, 4.69) is 23.6 Å². The number of ketones is 1. The Kier molecular flexibility index (Phi) is 5.09. The Bertz CT molecular complexity index is 858. The van der Waals surface area contributed by atoms with E-state index in [9.17, 15) is 14.7 Å². The van der Waals surface area contributed by atoms with E-state index in [0.717, 1.165) is 29.5 Å². The predicted octanol–water partition coefficient (Wildman–Crippen LogP) is 3.04. The van der Waals surface area contributed by atoms with Crippen LogP contribution in [-0.4, -0.2) is 33.9 Å². The molecule has 27 heavy (non-hydrogen) atoms. The van der Waals surface area contributed by atoms with E-state index in [4.69, 9.17) is 4.98 Å². The molecule has 1 aromatic rings. The second-order valence-corrected chi connectivity index (χ2v) is 7.64. The van der Waals surface area contributed by atoms with Gasteiger partial charge in [0, 0.05) is 28.7 Å². The van der Waals surface area contributed by atoms with Gasteiger partial charge in [0.1, 0.15) is 12.1 Å². The summed E-state index contributed by atoms with van der Waals surface area (Å²) in [5.41, 5.74) is 1.75. The molecule has 0 aromatic carbocycles. The van der Waals surface area contributed by atoms with Gasteiger partial charge in [0.2, 0.25) is 5.88 Å². The monoisotopic (exact) mass is 367 g/mol. The molecule has 0 bridgehead atoms. The average Bonchev–Trinajstić information content (AvgIpc) is 2.66. The van der Waals surface area contributed by atoms with Gasteiger partial charge in [-0.15, -0.1) is 0 Å². The predicted molar refractivity (Wildman–Crippen MR) is 104 cm³/mol. The molecule has 2 aliphatic carbocycles. The molecule has 142 valence electrons. The molecular weight excluding hydrogens is 342 g/mol. The minimum absolute atomic E-state index is 0.0172. The zero-order valence-electron chi connectivity index (χ0n) is 16.0. The summed E-state index contributed by atoms with van der Waals surface area (Å²) in [5, 5.41) is 10.6. The molecule has 1 fully saturated rings. The van der Waals surface area contributed by atoms with Gasteiger partial charge in [-0.2, -0.15) is 4.98 Å². The molecule has 1 unspecified atom stereocenters. The molecule has 1 saturated carbocycles. The number of aromatic hydroxyl groups is 1. The Hall–Kier alpha value is -2.63. The van der Waals surface area contributed by atoms with E-state index in [1.54, 1.807) is 12.3 Å². The van der Waals surface area contributed by atoms with Crippen LogP contribution in [0.25, 0.3) is 5.57 Å². The molecule has 0 saturated heterocycles. The van der Waals surface area contributed by atoms with Crippen LogP contribution < -0.4 is 0 Å². The van der Waals surface area contributed by atoms with Gasteiger partial charge in [-0.25, -0.2) is 4.98 Å². The van der Waals surface area contributed by atoms with Crippen LogP contribution in [-0.2, 0) is 21.4 Å². The highest BCUT2D eigenvalue weighted by Gasteiger charge is 2.53. The lowest BCUT2D eigenvalue weighted by atomic mass is 9.54. The molecule has 0 amide bonds. The Balaban J connectivity index is 2.16. The van der Waals surface area contributed by atoms with Crippen LogP contribution in [0.1, 0.15) is 50.7 Å². The average molecular weight is 367 g/mol. The van der Waals surface area contributed by atoms with Gasteiger partial charge in [0.25, 0.3) is 0 Å². The molecule has 1 heterocycles. The highest BCUT2D eigenvalue weighted by molar-refractivity contribution is 5.96. The van der Waals surface area contributed by atoms with Crippen molar-refractivity contribution in [2.24, 2.45) is 22.7 Å². The molecule has 1 N–H and O–H groups in total. The number of hydrogen-bond donors (Lipinski definition) is 1. The topological polar surface area (TPSA) is 92.5 Å². The highest BCUT2D eigenvalue weighted by atomic mass is 16.3. The fourth-order valence-corrected chi connectivity index (χ4v) is 4.79. The van der Waals surface area contributed by atoms with Crippen molar-refractivity contribution in [3.63, 3.8) is 0 Å².